The van der Waals surface area contributed by atoms with Gasteiger partial charge in [0.1, 0.15) is 11.6 Å². The Hall–Kier alpha value is -3.69. The SMILES string of the molecule is O=C(Cc1nc(C(F)(F)F)c2ccccn12)N1CCCc2c1cnn2-c1ccc(F)cc1. The summed E-state index contributed by atoms with van der Waals surface area (Å²) in [7, 11) is 0. The predicted molar refractivity (Wildman–Crippen MR) is 108 cm³/mol. The first-order valence-corrected chi connectivity index (χ1v) is 9.99. The van der Waals surface area contributed by atoms with Crippen molar-refractivity contribution in [1.82, 2.24) is 19.2 Å². The minimum atomic E-state index is -4.62. The third-order valence-electron chi connectivity index (χ3n) is 5.50. The minimum Gasteiger partial charge on any atom is -0.309 e. The predicted octanol–water partition coefficient (Wildman–Crippen LogP) is 4.20. The monoisotopic (exact) mass is 443 g/mol. The maximum Gasteiger partial charge on any atom is 0.435 e. The molecule has 0 spiro atoms. The van der Waals surface area contributed by atoms with Gasteiger partial charge < -0.3 is 9.30 Å². The van der Waals surface area contributed by atoms with Crippen molar-refractivity contribution in [1.29, 1.82) is 0 Å². The molecule has 0 saturated heterocycles. The smallest absolute Gasteiger partial charge is 0.309 e. The van der Waals surface area contributed by atoms with Gasteiger partial charge in [-0.1, -0.05) is 6.07 Å². The second-order valence-corrected chi connectivity index (χ2v) is 7.52. The molecule has 1 amide bonds. The first-order chi connectivity index (χ1) is 15.3. The van der Waals surface area contributed by atoms with Crippen molar-refractivity contribution < 1.29 is 22.4 Å². The van der Waals surface area contributed by atoms with Crippen molar-refractivity contribution in [3.8, 4) is 5.69 Å². The number of rotatable bonds is 3. The molecule has 0 bridgehead atoms. The lowest BCUT2D eigenvalue weighted by atomic mass is 10.1. The Labute approximate surface area is 179 Å². The number of aromatic nitrogens is 4. The molecule has 5 rings (SSSR count). The molecular formula is C22H17F4N5O. The molecule has 0 atom stereocenters. The summed E-state index contributed by atoms with van der Waals surface area (Å²) in [6, 6.07) is 10.3. The number of alkyl halides is 3. The molecule has 1 aliphatic rings. The second-order valence-electron chi connectivity index (χ2n) is 7.52. The summed E-state index contributed by atoms with van der Waals surface area (Å²) in [4.78, 5) is 18.4. The summed E-state index contributed by atoms with van der Waals surface area (Å²) in [6.07, 6.45) is -0.553. The Morgan fingerprint density at radius 3 is 2.62 bits per heavy atom. The molecule has 32 heavy (non-hydrogen) atoms. The topological polar surface area (TPSA) is 55.4 Å². The van der Waals surface area contributed by atoms with E-state index in [1.54, 1.807) is 29.1 Å². The number of halogens is 4. The van der Waals surface area contributed by atoms with Crippen LogP contribution in [-0.4, -0.2) is 31.6 Å². The Kier molecular flexibility index (Phi) is 4.72. The van der Waals surface area contributed by atoms with Crippen LogP contribution in [0.25, 0.3) is 11.2 Å². The second kappa shape index (κ2) is 7.47. The Balaban J connectivity index is 1.47. The summed E-state index contributed by atoms with van der Waals surface area (Å²) in [6.45, 7) is 0.427. The number of pyridine rings is 1. The van der Waals surface area contributed by atoms with Gasteiger partial charge in [-0.05, 0) is 49.2 Å². The highest BCUT2D eigenvalue weighted by Gasteiger charge is 2.37. The molecule has 1 aliphatic heterocycles. The van der Waals surface area contributed by atoms with Gasteiger partial charge in [-0.2, -0.15) is 18.3 Å². The number of fused-ring (bicyclic) bond motifs is 2. The van der Waals surface area contributed by atoms with Crippen LogP contribution in [0.15, 0.2) is 54.9 Å². The zero-order chi connectivity index (χ0) is 22.5. The van der Waals surface area contributed by atoms with Gasteiger partial charge in [0.25, 0.3) is 0 Å². The number of carbonyl (C=O) groups is 1. The zero-order valence-electron chi connectivity index (χ0n) is 16.7. The highest BCUT2D eigenvalue weighted by Crippen LogP contribution is 2.33. The largest absolute Gasteiger partial charge is 0.435 e. The molecule has 0 radical (unpaired) electrons. The van der Waals surface area contributed by atoms with Crippen molar-refractivity contribution in [2.75, 3.05) is 11.4 Å². The third-order valence-corrected chi connectivity index (χ3v) is 5.50. The van der Waals surface area contributed by atoms with Crippen molar-refractivity contribution >= 4 is 17.1 Å². The highest BCUT2D eigenvalue weighted by atomic mass is 19.4. The number of carbonyl (C=O) groups excluding carboxylic acids is 1. The summed E-state index contributed by atoms with van der Waals surface area (Å²) in [5, 5.41) is 4.35. The zero-order valence-corrected chi connectivity index (χ0v) is 16.7. The van der Waals surface area contributed by atoms with Gasteiger partial charge in [-0.3, -0.25) is 4.79 Å². The molecular weight excluding hydrogens is 426 g/mol. The number of hydrogen-bond donors (Lipinski definition) is 0. The van der Waals surface area contributed by atoms with Crippen molar-refractivity contribution in [3.05, 3.63) is 77.9 Å². The van der Waals surface area contributed by atoms with E-state index in [0.717, 1.165) is 5.69 Å². The lowest BCUT2D eigenvalue weighted by molar-refractivity contribution is -0.139. The number of benzene rings is 1. The van der Waals surface area contributed by atoms with Crippen LogP contribution in [0.2, 0.25) is 0 Å². The molecule has 10 heteroatoms. The van der Waals surface area contributed by atoms with E-state index >= 15 is 0 Å². The van der Waals surface area contributed by atoms with Crippen LogP contribution in [0.1, 0.15) is 23.6 Å². The number of hydrogen-bond acceptors (Lipinski definition) is 3. The van der Waals surface area contributed by atoms with Crippen LogP contribution in [0.4, 0.5) is 23.2 Å². The molecule has 164 valence electrons. The average molecular weight is 443 g/mol. The Morgan fingerprint density at radius 1 is 1.09 bits per heavy atom. The van der Waals surface area contributed by atoms with Crippen LogP contribution in [-0.2, 0) is 23.8 Å². The molecule has 4 heterocycles. The number of nitrogens with zero attached hydrogens (tertiary/aromatic N) is 5. The molecule has 0 unspecified atom stereocenters. The quantitative estimate of drug-likeness (QED) is 0.446. The average Bonchev–Trinajstić information content (AvgIpc) is 3.36. The van der Waals surface area contributed by atoms with Gasteiger partial charge in [0.05, 0.1) is 35.2 Å². The van der Waals surface area contributed by atoms with Crippen molar-refractivity contribution in [2.24, 2.45) is 0 Å². The van der Waals surface area contributed by atoms with Crippen molar-refractivity contribution in [2.45, 2.75) is 25.4 Å². The molecule has 3 aromatic heterocycles. The lowest BCUT2D eigenvalue weighted by Gasteiger charge is -2.27. The van der Waals surface area contributed by atoms with Crippen molar-refractivity contribution in [3.63, 3.8) is 0 Å². The van der Waals surface area contributed by atoms with Gasteiger partial charge >= 0.3 is 6.18 Å². The van der Waals surface area contributed by atoms with E-state index in [2.05, 4.69) is 10.1 Å². The van der Waals surface area contributed by atoms with E-state index in [0.29, 0.717) is 30.8 Å². The summed E-state index contributed by atoms with van der Waals surface area (Å²) in [5.41, 5.74) is 0.953. The normalized spacial score (nSPS) is 14.1. The van der Waals surface area contributed by atoms with E-state index in [1.165, 1.54) is 39.8 Å². The Morgan fingerprint density at radius 2 is 1.88 bits per heavy atom. The van der Waals surface area contributed by atoms with Gasteiger partial charge in [-0.15, -0.1) is 0 Å². The molecule has 0 N–H and O–H groups in total. The van der Waals surface area contributed by atoms with Gasteiger partial charge in [0.15, 0.2) is 5.69 Å². The van der Waals surface area contributed by atoms with E-state index in [4.69, 9.17) is 0 Å². The van der Waals surface area contributed by atoms with E-state index < -0.39 is 11.9 Å². The fraction of sp³-hybridized carbons (Fsp3) is 0.227. The van der Waals surface area contributed by atoms with Crippen LogP contribution in [0, 0.1) is 5.82 Å². The first kappa shape index (κ1) is 20.2. The third kappa shape index (κ3) is 3.41. The van der Waals surface area contributed by atoms with Crippen LogP contribution >= 0.6 is 0 Å². The number of amides is 1. The van der Waals surface area contributed by atoms with Crippen LogP contribution in [0.3, 0.4) is 0 Å². The lowest BCUT2D eigenvalue weighted by Crippen LogP contribution is -2.36. The van der Waals surface area contributed by atoms with E-state index in [9.17, 15) is 22.4 Å². The number of anilines is 1. The summed E-state index contributed by atoms with van der Waals surface area (Å²) < 4.78 is 56.4. The molecule has 0 aliphatic carbocycles. The van der Waals surface area contributed by atoms with E-state index in [1.807, 2.05) is 0 Å². The van der Waals surface area contributed by atoms with Gasteiger partial charge in [0, 0.05) is 12.7 Å². The highest BCUT2D eigenvalue weighted by molar-refractivity contribution is 5.95. The van der Waals surface area contributed by atoms with Crippen LogP contribution in [0.5, 0.6) is 0 Å². The number of imidazole rings is 1. The fourth-order valence-corrected chi connectivity index (χ4v) is 4.08. The maximum absolute atomic E-state index is 13.4. The molecule has 6 nitrogen and oxygen atoms in total. The summed E-state index contributed by atoms with van der Waals surface area (Å²) >= 11 is 0. The van der Waals surface area contributed by atoms with Gasteiger partial charge in [-0.25, -0.2) is 14.1 Å². The molecule has 0 saturated carbocycles. The first-order valence-electron chi connectivity index (χ1n) is 9.99. The summed E-state index contributed by atoms with van der Waals surface area (Å²) in [5.74, 6) is -0.707. The fourth-order valence-electron chi connectivity index (χ4n) is 4.08. The molecule has 0 fully saturated rings. The minimum absolute atomic E-state index is 0.0241. The molecule has 4 aromatic rings. The maximum atomic E-state index is 13.4. The Bertz CT molecular complexity index is 1310. The van der Waals surface area contributed by atoms with Gasteiger partial charge in [0.2, 0.25) is 5.91 Å². The standard InChI is InChI=1S/C22H17F4N5O/c23-14-6-8-15(9-7-14)31-16-5-3-11-30(18(16)13-27-31)20(32)12-19-28-21(22(24,25)26)17-4-1-2-10-29(17)19/h1-2,4,6-10,13H,3,5,11-12H2. The van der Waals surface area contributed by atoms with Crippen LogP contribution < -0.4 is 4.90 Å². The molecule has 1 aromatic carbocycles. The van der Waals surface area contributed by atoms with E-state index in [-0.39, 0.29) is 29.5 Å².